The second kappa shape index (κ2) is 32.5. The van der Waals surface area contributed by atoms with E-state index in [1.54, 1.807) is 0 Å². The van der Waals surface area contributed by atoms with Gasteiger partial charge in [0.15, 0.2) is 0 Å². The molecular formula is H6N2Na2O4S. The molecule has 6 nitrogen and oxygen atoms in total. The first-order chi connectivity index (χ1) is 2.73. The zero-order chi connectivity index (χ0) is 5.58. The van der Waals surface area contributed by atoms with Crippen molar-refractivity contribution in [1.82, 2.24) is 0 Å². The molecule has 48 valence electrons. The summed E-state index contributed by atoms with van der Waals surface area (Å²) in [6, 6.07) is 0. The van der Waals surface area contributed by atoms with E-state index in [1.165, 1.54) is 0 Å². The summed E-state index contributed by atoms with van der Waals surface area (Å²) in [6.45, 7) is 0. The van der Waals surface area contributed by atoms with E-state index in [4.69, 9.17) is 13.3 Å². The van der Waals surface area contributed by atoms with Crippen molar-refractivity contribution in [2.24, 2.45) is 11.7 Å². The van der Waals surface area contributed by atoms with E-state index >= 15 is 0 Å². The Balaban J connectivity index is -0.00000000990. The summed E-state index contributed by atoms with van der Waals surface area (Å²) in [4.78, 5) is 0. The maximum atomic E-state index is 8.44. The van der Waals surface area contributed by atoms with Crippen molar-refractivity contribution in [2.45, 2.75) is 0 Å². The zero-order valence-corrected chi connectivity index (χ0v) is 10.1. The number of rotatable bonds is 0. The van der Waals surface area contributed by atoms with Crippen LogP contribution in [0.1, 0.15) is 0 Å². The van der Waals surface area contributed by atoms with Crippen LogP contribution in [0.4, 0.5) is 0 Å². The fraction of sp³-hybridized carbons (Fsp3) is 0. The zero-order valence-electron chi connectivity index (χ0n) is 5.29. The Labute approximate surface area is 99.7 Å². The van der Waals surface area contributed by atoms with Crippen molar-refractivity contribution >= 4 is 11.4 Å². The van der Waals surface area contributed by atoms with E-state index in [2.05, 4.69) is 11.7 Å². The molecule has 9 heteroatoms. The third kappa shape index (κ3) is 165. The predicted octanol–water partition coefficient (Wildman–Crippen LogP) is -9.00. The standard InChI is InChI=1S/H4N2.2Na.H2O3S.H2O/c1-2;;;1-4(2)3;/h1-2H2;;;(H2,1,2,3);1H2/q;2*+1;;/p-2. The molecule has 0 fully saturated rings. The van der Waals surface area contributed by atoms with Crippen LogP contribution < -0.4 is 70.8 Å². The Bertz CT molecular complexity index is 39.5. The summed E-state index contributed by atoms with van der Waals surface area (Å²) >= 11 is -3.11. The minimum absolute atomic E-state index is 0. The van der Waals surface area contributed by atoms with Crippen LogP contribution in [-0.4, -0.2) is 18.8 Å². The van der Waals surface area contributed by atoms with Crippen molar-refractivity contribution in [3.05, 3.63) is 0 Å². The van der Waals surface area contributed by atoms with Gasteiger partial charge in [0.05, 0.1) is 0 Å². The molecule has 0 aliphatic rings. The van der Waals surface area contributed by atoms with Crippen molar-refractivity contribution in [1.29, 1.82) is 0 Å². The molecule has 0 aliphatic carbocycles. The topological polar surface area (TPSA) is 147 Å². The average Bonchev–Trinajstić information content (AvgIpc) is 1.41. The van der Waals surface area contributed by atoms with Crippen LogP contribution in [0.5, 0.6) is 0 Å². The quantitative estimate of drug-likeness (QED) is 0.163. The van der Waals surface area contributed by atoms with Crippen LogP contribution >= 0.6 is 0 Å². The summed E-state index contributed by atoms with van der Waals surface area (Å²) in [6.07, 6.45) is 0. The van der Waals surface area contributed by atoms with Gasteiger partial charge in [0.2, 0.25) is 0 Å². The van der Waals surface area contributed by atoms with E-state index in [0.29, 0.717) is 0 Å². The van der Waals surface area contributed by atoms with Crippen molar-refractivity contribution in [3.63, 3.8) is 0 Å². The SMILES string of the molecule is NN.O.O=S([O-])[O-].[Na+].[Na+]. The maximum Gasteiger partial charge on any atom is 1.00 e. The molecule has 0 aromatic rings. The summed E-state index contributed by atoms with van der Waals surface area (Å²) in [7, 11) is 0. The molecule has 0 bridgehead atoms. The van der Waals surface area contributed by atoms with Gasteiger partial charge < -0.3 is 14.6 Å². The van der Waals surface area contributed by atoms with E-state index < -0.39 is 11.4 Å². The van der Waals surface area contributed by atoms with E-state index in [-0.39, 0.29) is 64.6 Å². The molecule has 0 radical (unpaired) electrons. The van der Waals surface area contributed by atoms with Crippen LogP contribution in [0.2, 0.25) is 0 Å². The molecule has 0 saturated heterocycles. The summed E-state index contributed by atoms with van der Waals surface area (Å²) < 4.78 is 25.3. The Morgan fingerprint density at radius 3 is 1.11 bits per heavy atom. The van der Waals surface area contributed by atoms with E-state index in [1.807, 2.05) is 0 Å². The largest absolute Gasteiger partial charge is 1.00 e. The molecule has 0 heterocycles. The van der Waals surface area contributed by atoms with Gasteiger partial charge in [-0.3, -0.25) is 15.9 Å². The van der Waals surface area contributed by atoms with Crippen LogP contribution in [0.15, 0.2) is 0 Å². The Morgan fingerprint density at radius 2 is 1.11 bits per heavy atom. The Hall–Kier alpha value is 1.95. The molecule has 0 aromatic heterocycles. The van der Waals surface area contributed by atoms with Crippen molar-refractivity contribution < 1.29 is 77.9 Å². The van der Waals surface area contributed by atoms with E-state index in [9.17, 15) is 0 Å². The average molecular weight is 176 g/mol. The molecule has 0 saturated carbocycles. The number of hydrazine groups is 1. The fourth-order valence-corrected chi connectivity index (χ4v) is 0. The van der Waals surface area contributed by atoms with Crippen LogP contribution in [-0.2, 0) is 11.4 Å². The predicted molar refractivity (Wildman–Crippen MR) is 21.7 cm³/mol. The third-order valence-electron chi connectivity index (χ3n) is 0. The Morgan fingerprint density at radius 1 is 1.11 bits per heavy atom. The molecule has 0 spiro atoms. The third-order valence-corrected chi connectivity index (χ3v) is 0. The molecule has 0 unspecified atom stereocenters. The first-order valence-corrected chi connectivity index (χ1v) is 1.83. The monoisotopic (exact) mass is 176 g/mol. The summed E-state index contributed by atoms with van der Waals surface area (Å²) in [5.41, 5.74) is 0. The first kappa shape index (κ1) is 30.6. The fourth-order valence-electron chi connectivity index (χ4n) is 0. The second-order valence-electron chi connectivity index (χ2n) is 0.204. The van der Waals surface area contributed by atoms with Crippen molar-refractivity contribution in [2.75, 3.05) is 0 Å². The molecule has 0 aromatic carbocycles. The summed E-state index contributed by atoms with van der Waals surface area (Å²) in [5.74, 6) is 8.00. The molecule has 0 amide bonds. The van der Waals surface area contributed by atoms with Gasteiger partial charge >= 0.3 is 59.1 Å². The van der Waals surface area contributed by atoms with Gasteiger partial charge in [-0.15, -0.1) is 11.4 Å². The smallest absolute Gasteiger partial charge is 0.784 e. The normalized spacial score (nSPS) is 4.56. The van der Waals surface area contributed by atoms with Gasteiger partial charge in [-0.2, -0.15) is 0 Å². The number of hydrogen-bond donors (Lipinski definition) is 2. The van der Waals surface area contributed by atoms with E-state index in [0.717, 1.165) is 0 Å². The van der Waals surface area contributed by atoms with Crippen LogP contribution in [0.25, 0.3) is 0 Å². The van der Waals surface area contributed by atoms with Gasteiger partial charge in [-0.05, 0) is 0 Å². The number of hydrogen-bond acceptors (Lipinski definition) is 5. The molecule has 0 rings (SSSR count). The van der Waals surface area contributed by atoms with Gasteiger partial charge in [-0.1, -0.05) is 0 Å². The molecule has 0 aliphatic heterocycles. The summed E-state index contributed by atoms with van der Waals surface area (Å²) in [5, 5.41) is 0. The minimum atomic E-state index is -3.11. The van der Waals surface area contributed by atoms with Gasteiger partial charge in [-0.25, -0.2) is 0 Å². The van der Waals surface area contributed by atoms with Gasteiger partial charge in [0.25, 0.3) is 0 Å². The number of nitrogens with two attached hydrogens (primary N) is 2. The minimum Gasteiger partial charge on any atom is -0.784 e. The molecule has 0 atom stereocenters. The molecular weight excluding hydrogens is 170 g/mol. The molecule has 9 heavy (non-hydrogen) atoms. The van der Waals surface area contributed by atoms with Crippen LogP contribution in [0.3, 0.4) is 0 Å². The van der Waals surface area contributed by atoms with Gasteiger partial charge in [0, 0.05) is 0 Å². The first-order valence-electron chi connectivity index (χ1n) is 0.833. The Kier molecular flexibility index (Phi) is 111. The molecule has 6 N–H and O–H groups in total. The van der Waals surface area contributed by atoms with Crippen LogP contribution in [0, 0.1) is 0 Å². The maximum absolute atomic E-state index is 8.44. The van der Waals surface area contributed by atoms with Gasteiger partial charge in [0.1, 0.15) is 0 Å². The second-order valence-corrected chi connectivity index (χ2v) is 0.612. The van der Waals surface area contributed by atoms with Crippen molar-refractivity contribution in [3.8, 4) is 0 Å².